The van der Waals surface area contributed by atoms with Gasteiger partial charge in [0.1, 0.15) is 13.2 Å². The molecule has 0 spiro atoms. The number of carboxylic acids is 1. The van der Waals surface area contributed by atoms with Crippen molar-refractivity contribution in [2.24, 2.45) is 5.92 Å². The molecular weight excluding hydrogens is 424 g/mol. The molecule has 0 unspecified atom stereocenters. The third-order valence-electron chi connectivity index (χ3n) is 6.27. The van der Waals surface area contributed by atoms with Gasteiger partial charge in [0.25, 0.3) is 0 Å². The molecule has 2 amide bonds. The average Bonchev–Trinajstić information content (AvgIpc) is 3.40. The van der Waals surface area contributed by atoms with E-state index in [9.17, 15) is 14.4 Å². The lowest BCUT2D eigenvalue weighted by atomic mass is 9.98. The average molecular weight is 453 g/mol. The maximum absolute atomic E-state index is 12.1. The largest absolute Gasteiger partial charge is 0.481 e. The number of hydrogen-bond acceptors (Lipinski definition) is 5. The van der Waals surface area contributed by atoms with Gasteiger partial charge in [0.2, 0.25) is 5.91 Å². The fraction of sp³-hybridized carbons (Fsp3) is 0.400. The summed E-state index contributed by atoms with van der Waals surface area (Å²) in [7, 11) is 0. The quantitative estimate of drug-likeness (QED) is 0.504. The molecule has 4 rings (SSSR count). The summed E-state index contributed by atoms with van der Waals surface area (Å²) < 4.78 is 10.7. The van der Waals surface area contributed by atoms with Crippen LogP contribution in [0.4, 0.5) is 4.79 Å². The van der Waals surface area contributed by atoms with E-state index in [-0.39, 0.29) is 44.2 Å². The zero-order valence-electron chi connectivity index (χ0n) is 18.3. The Kier molecular flexibility index (Phi) is 7.24. The van der Waals surface area contributed by atoms with Gasteiger partial charge in [-0.3, -0.25) is 9.59 Å². The predicted molar refractivity (Wildman–Crippen MR) is 121 cm³/mol. The second-order valence-corrected chi connectivity index (χ2v) is 8.35. The minimum Gasteiger partial charge on any atom is -0.481 e. The number of carbonyl (C=O) groups is 3. The summed E-state index contributed by atoms with van der Waals surface area (Å²) in [5.41, 5.74) is 4.63. The Balaban J connectivity index is 1.15. The third-order valence-corrected chi connectivity index (χ3v) is 6.27. The first-order chi connectivity index (χ1) is 16.0. The van der Waals surface area contributed by atoms with Crippen molar-refractivity contribution in [3.8, 4) is 11.1 Å². The van der Waals surface area contributed by atoms with E-state index >= 15 is 0 Å². The van der Waals surface area contributed by atoms with Crippen molar-refractivity contribution in [3.63, 3.8) is 0 Å². The molecule has 2 aromatic rings. The molecule has 0 saturated heterocycles. The molecule has 33 heavy (non-hydrogen) atoms. The van der Waals surface area contributed by atoms with Crippen LogP contribution in [0.1, 0.15) is 36.3 Å². The number of nitrogens with one attached hydrogen (secondary N) is 2. The van der Waals surface area contributed by atoms with Gasteiger partial charge in [0.15, 0.2) is 0 Å². The van der Waals surface area contributed by atoms with Gasteiger partial charge in [-0.1, -0.05) is 55.0 Å². The van der Waals surface area contributed by atoms with Crippen LogP contribution in [0.5, 0.6) is 0 Å². The molecule has 0 radical (unpaired) electrons. The van der Waals surface area contributed by atoms with Crippen LogP contribution >= 0.6 is 0 Å². The number of hydrogen-bond donors (Lipinski definition) is 3. The number of benzene rings is 2. The molecule has 3 N–H and O–H groups in total. The molecule has 0 aliphatic heterocycles. The topological polar surface area (TPSA) is 114 Å². The summed E-state index contributed by atoms with van der Waals surface area (Å²) in [5.74, 6) is -1.78. The highest BCUT2D eigenvalue weighted by Gasteiger charge is 2.33. The molecule has 0 aromatic heterocycles. The molecule has 1 fully saturated rings. The van der Waals surface area contributed by atoms with E-state index in [1.54, 1.807) is 0 Å². The van der Waals surface area contributed by atoms with Crippen LogP contribution in [0.15, 0.2) is 48.5 Å². The monoisotopic (exact) mass is 452 g/mol. The Morgan fingerprint density at radius 3 is 2.30 bits per heavy atom. The van der Waals surface area contributed by atoms with Gasteiger partial charge in [-0.25, -0.2) is 4.79 Å². The zero-order valence-corrected chi connectivity index (χ0v) is 18.3. The van der Waals surface area contributed by atoms with Crippen LogP contribution in [0.3, 0.4) is 0 Å². The van der Waals surface area contributed by atoms with Gasteiger partial charge in [-0.05, 0) is 35.1 Å². The molecule has 8 heteroatoms. The number of ether oxygens (including phenoxy) is 2. The first-order valence-corrected chi connectivity index (χ1v) is 11.2. The van der Waals surface area contributed by atoms with Crippen molar-refractivity contribution in [3.05, 3.63) is 59.7 Å². The first-order valence-electron chi connectivity index (χ1n) is 11.2. The molecule has 8 nitrogen and oxygen atoms in total. The van der Waals surface area contributed by atoms with E-state index < -0.39 is 18.0 Å². The van der Waals surface area contributed by atoms with Crippen LogP contribution < -0.4 is 10.6 Å². The summed E-state index contributed by atoms with van der Waals surface area (Å²) in [4.78, 5) is 35.3. The number of aliphatic carboxylic acids is 1. The van der Waals surface area contributed by atoms with E-state index in [0.717, 1.165) is 17.5 Å². The van der Waals surface area contributed by atoms with Crippen molar-refractivity contribution in [1.82, 2.24) is 10.6 Å². The van der Waals surface area contributed by atoms with Gasteiger partial charge in [0, 0.05) is 18.5 Å². The van der Waals surface area contributed by atoms with Gasteiger partial charge >= 0.3 is 12.1 Å². The van der Waals surface area contributed by atoms with Crippen LogP contribution in [0, 0.1) is 5.92 Å². The number of amides is 2. The molecule has 2 atom stereocenters. The fourth-order valence-electron chi connectivity index (χ4n) is 4.72. The number of rotatable bonds is 9. The summed E-state index contributed by atoms with van der Waals surface area (Å²) in [6, 6.07) is 15.9. The summed E-state index contributed by atoms with van der Waals surface area (Å²) in [6.07, 6.45) is 1.48. The lowest BCUT2D eigenvalue weighted by molar-refractivity contribution is -0.142. The van der Waals surface area contributed by atoms with E-state index in [1.807, 2.05) is 24.3 Å². The Bertz CT molecular complexity index is 978. The van der Waals surface area contributed by atoms with Crippen molar-refractivity contribution in [1.29, 1.82) is 0 Å². The minimum absolute atomic E-state index is 0.00619. The molecule has 174 valence electrons. The van der Waals surface area contributed by atoms with Crippen LogP contribution in [-0.2, 0) is 19.1 Å². The Labute approximate surface area is 192 Å². The van der Waals surface area contributed by atoms with Crippen molar-refractivity contribution < 1.29 is 29.0 Å². The molecule has 2 aromatic carbocycles. The Morgan fingerprint density at radius 2 is 1.64 bits per heavy atom. The maximum Gasteiger partial charge on any atom is 0.407 e. The van der Waals surface area contributed by atoms with E-state index in [4.69, 9.17) is 14.6 Å². The highest BCUT2D eigenvalue weighted by Crippen LogP contribution is 2.44. The lowest BCUT2D eigenvalue weighted by Gasteiger charge is -2.17. The van der Waals surface area contributed by atoms with Crippen molar-refractivity contribution in [2.75, 3.05) is 26.4 Å². The maximum atomic E-state index is 12.1. The van der Waals surface area contributed by atoms with Gasteiger partial charge in [-0.15, -0.1) is 0 Å². The molecule has 0 bridgehead atoms. The number of alkyl carbamates (subject to hydrolysis) is 1. The fourth-order valence-corrected chi connectivity index (χ4v) is 4.72. The summed E-state index contributed by atoms with van der Waals surface area (Å²) in [5, 5.41) is 14.5. The standard InChI is InChI=1S/C25H28N2O6/c28-23(27-22-11-5-10-20(22)24(29)30)15-32-13-12-26-25(31)33-14-21-18-8-3-1-6-16(18)17-7-2-4-9-19(17)21/h1-4,6-9,20-22H,5,10-15H2,(H,26,31)(H,27,28)(H,29,30)/t20-,22+/m0/s1. The summed E-state index contributed by atoms with van der Waals surface area (Å²) in [6.45, 7) is 0.389. The molecule has 1 saturated carbocycles. The zero-order chi connectivity index (χ0) is 23.2. The number of carbonyl (C=O) groups excluding carboxylic acids is 2. The third kappa shape index (κ3) is 5.34. The Hall–Kier alpha value is -3.39. The second-order valence-electron chi connectivity index (χ2n) is 8.35. The van der Waals surface area contributed by atoms with E-state index in [1.165, 1.54) is 11.1 Å². The second kappa shape index (κ2) is 10.5. The van der Waals surface area contributed by atoms with Gasteiger partial charge < -0.3 is 25.2 Å². The van der Waals surface area contributed by atoms with Crippen LogP contribution in [0.2, 0.25) is 0 Å². The first kappa shape index (κ1) is 22.8. The number of carboxylic acid groups (broad SMARTS) is 1. The SMILES string of the molecule is O=C(COCCNC(=O)OCC1c2ccccc2-c2ccccc21)N[C@@H]1CCC[C@@H]1C(=O)O. The normalized spacial score (nSPS) is 18.9. The van der Waals surface area contributed by atoms with E-state index in [2.05, 4.69) is 34.9 Å². The van der Waals surface area contributed by atoms with Crippen LogP contribution in [0.25, 0.3) is 11.1 Å². The molecule has 2 aliphatic rings. The number of fused-ring (bicyclic) bond motifs is 3. The van der Waals surface area contributed by atoms with Gasteiger partial charge in [0.05, 0.1) is 12.5 Å². The molecular formula is C25H28N2O6. The van der Waals surface area contributed by atoms with Crippen molar-refractivity contribution in [2.45, 2.75) is 31.2 Å². The van der Waals surface area contributed by atoms with Crippen molar-refractivity contribution >= 4 is 18.0 Å². The molecule has 2 aliphatic carbocycles. The smallest absolute Gasteiger partial charge is 0.407 e. The summed E-state index contributed by atoms with van der Waals surface area (Å²) >= 11 is 0. The lowest BCUT2D eigenvalue weighted by Crippen LogP contribution is -2.42. The highest BCUT2D eigenvalue weighted by molar-refractivity contribution is 5.80. The van der Waals surface area contributed by atoms with E-state index in [0.29, 0.717) is 12.8 Å². The minimum atomic E-state index is -0.883. The van der Waals surface area contributed by atoms with Crippen LogP contribution in [-0.4, -0.2) is 55.5 Å². The molecule has 0 heterocycles. The predicted octanol–water partition coefficient (Wildman–Crippen LogP) is 2.91. The van der Waals surface area contributed by atoms with Gasteiger partial charge in [-0.2, -0.15) is 0 Å². The highest BCUT2D eigenvalue weighted by atomic mass is 16.5. The Morgan fingerprint density at radius 1 is 0.970 bits per heavy atom.